The van der Waals surface area contributed by atoms with E-state index in [1.54, 1.807) is 6.20 Å². The van der Waals surface area contributed by atoms with Crippen LogP contribution in [0.3, 0.4) is 0 Å². The van der Waals surface area contributed by atoms with Crippen molar-refractivity contribution in [2.75, 3.05) is 0 Å². The fraction of sp³-hybridized carbons (Fsp3) is 0. The summed E-state index contributed by atoms with van der Waals surface area (Å²) < 4.78 is 13.7. The smallest absolute Gasteiger partial charge is 0.213 e. The van der Waals surface area contributed by atoms with E-state index in [0.717, 1.165) is 14.3 Å². The first-order valence-corrected chi connectivity index (χ1v) is 4.55. The molecule has 1 heterocycles. The Hall–Kier alpha value is -0.710. The second-order valence-electron chi connectivity index (χ2n) is 2.47. The lowest BCUT2D eigenvalue weighted by molar-refractivity contribution is 0.586. The average molecular weight is 273 g/mol. The fourth-order valence-corrected chi connectivity index (χ4v) is 1.78. The van der Waals surface area contributed by atoms with Crippen LogP contribution in [0.15, 0.2) is 30.5 Å². The molecule has 0 aliphatic rings. The van der Waals surface area contributed by atoms with Gasteiger partial charge in [-0.2, -0.15) is 4.39 Å². The summed E-state index contributed by atoms with van der Waals surface area (Å²) >= 11 is 2.18. The summed E-state index contributed by atoms with van der Waals surface area (Å²) in [5.41, 5.74) is 0. The van der Waals surface area contributed by atoms with Gasteiger partial charge in [0.2, 0.25) is 5.95 Å². The molecular weight excluding hydrogens is 268 g/mol. The molecule has 0 aliphatic heterocycles. The molecule has 1 nitrogen and oxygen atoms in total. The molecule has 0 aliphatic carbocycles. The van der Waals surface area contributed by atoms with Gasteiger partial charge in [-0.05, 0) is 28.7 Å². The highest BCUT2D eigenvalue weighted by Gasteiger charge is 1.99. The fourth-order valence-electron chi connectivity index (χ4n) is 1.11. The first-order chi connectivity index (χ1) is 5.77. The van der Waals surface area contributed by atoms with Gasteiger partial charge in [0.1, 0.15) is 0 Å². The average Bonchev–Trinajstić information content (AvgIpc) is 2.07. The van der Waals surface area contributed by atoms with E-state index < -0.39 is 5.95 Å². The predicted molar refractivity (Wildman–Crippen MR) is 54.4 cm³/mol. The van der Waals surface area contributed by atoms with Crippen molar-refractivity contribution in [3.05, 3.63) is 40.0 Å². The van der Waals surface area contributed by atoms with Crippen molar-refractivity contribution >= 4 is 33.4 Å². The van der Waals surface area contributed by atoms with Gasteiger partial charge in [0.15, 0.2) is 0 Å². The van der Waals surface area contributed by atoms with Crippen LogP contribution in [0.25, 0.3) is 10.8 Å². The van der Waals surface area contributed by atoms with Crippen molar-refractivity contribution in [2.24, 2.45) is 0 Å². The highest BCUT2D eigenvalue weighted by atomic mass is 127. The lowest BCUT2D eigenvalue weighted by atomic mass is 10.2. The summed E-state index contributed by atoms with van der Waals surface area (Å²) in [6.07, 6.45) is 1.55. The van der Waals surface area contributed by atoms with Crippen molar-refractivity contribution in [3.8, 4) is 0 Å². The van der Waals surface area contributed by atoms with Gasteiger partial charge < -0.3 is 0 Å². The Labute approximate surface area is 82.8 Å². The first kappa shape index (κ1) is 7.91. The molecule has 0 atom stereocenters. The monoisotopic (exact) mass is 273 g/mol. The zero-order valence-corrected chi connectivity index (χ0v) is 8.25. The summed E-state index contributed by atoms with van der Waals surface area (Å²) in [6, 6.07) is 7.26. The Balaban J connectivity index is 2.88. The molecule has 0 fully saturated rings. The molecule has 12 heavy (non-hydrogen) atoms. The van der Waals surface area contributed by atoms with Crippen LogP contribution in [0.5, 0.6) is 0 Å². The molecule has 3 heteroatoms. The minimum absolute atomic E-state index is 0.424. The number of nitrogens with zero attached hydrogens (tertiary/aromatic N) is 1. The highest BCUT2D eigenvalue weighted by molar-refractivity contribution is 14.1. The Morgan fingerprint density at radius 2 is 2.17 bits per heavy atom. The number of benzene rings is 1. The van der Waals surface area contributed by atoms with Crippen molar-refractivity contribution in [3.63, 3.8) is 0 Å². The van der Waals surface area contributed by atoms with Gasteiger partial charge in [-0.1, -0.05) is 12.1 Å². The Bertz CT molecular complexity index is 428. The summed E-state index contributed by atoms with van der Waals surface area (Å²) in [5, 5.41) is 1.90. The number of hydrogen-bond acceptors (Lipinski definition) is 1. The molecule has 0 bridgehead atoms. The summed E-state index contributed by atoms with van der Waals surface area (Å²) in [5.74, 6) is -0.424. The molecule has 60 valence electrons. The Morgan fingerprint density at radius 3 is 3.00 bits per heavy atom. The van der Waals surface area contributed by atoms with Crippen LogP contribution in [-0.2, 0) is 0 Å². The van der Waals surface area contributed by atoms with Crippen molar-refractivity contribution in [1.29, 1.82) is 0 Å². The van der Waals surface area contributed by atoms with Crippen molar-refractivity contribution < 1.29 is 4.39 Å². The lowest BCUT2D eigenvalue weighted by Crippen LogP contribution is -1.83. The molecule has 0 saturated heterocycles. The van der Waals surface area contributed by atoms with Gasteiger partial charge in [-0.25, -0.2) is 4.98 Å². The first-order valence-electron chi connectivity index (χ1n) is 3.47. The minimum atomic E-state index is -0.424. The molecule has 0 amide bonds. The van der Waals surface area contributed by atoms with Gasteiger partial charge in [-0.3, -0.25) is 0 Å². The standard InChI is InChI=1S/C9H5FIN/c10-9-4-7-6(5-12-9)2-1-3-8(7)11/h1-5H. The SMILES string of the molecule is Fc1cc2c(I)cccc2cn1. The molecule has 1 aromatic carbocycles. The maximum atomic E-state index is 12.7. The molecular formula is C9H5FIN. The van der Waals surface area contributed by atoms with Crippen molar-refractivity contribution in [2.45, 2.75) is 0 Å². The number of rotatable bonds is 0. The second-order valence-corrected chi connectivity index (χ2v) is 3.63. The molecule has 0 saturated carbocycles. The summed E-state index contributed by atoms with van der Waals surface area (Å²) in [6.45, 7) is 0. The molecule has 0 unspecified atom stereocenters. The molecule has 0 spiro atoms. The largest absolute Gasteiger partial charge is 0.228 e. The van der Waals surface area contributed by atoms with Crippen molar-refractivity contribution in [1.82, 2.24) is 4.98 Å². The maximum absolute atomic E-state index is 12.7. The quantitative estimate of drug-likeness (QED) is 0.531. The van der Waals surface area contributed by atoms with Gasteiger partial charge >= 0.3 is 0 Å². The molecule has 1 aromatic heterocycles. The number of aromatic nitrogens is 1. The Kier molecular flexibility index (Phi) is 1.96. The highest BCUT2D eigenvalue weighted by Crippen LogP contribution is 2.19. The Morgan fingerprint density at radius 1 is 1.33 bits per heavy atom. The van der Waals surface area contributed by atoms with E-state index in [0.29, 0.717) is 0 Å². The van der Waals surface area contributed by atoms with E-state index in [-0.39, 0.29) is 0 Å². The van der Waals surface area contributed by atoms with Crippen LogP contribution in [0.4, 0.5) is 4.39 Å². The van der Waals surface area contributed by atoms with E-state index in [1.807, 2.05) is 18.2 Å². The van der Waals surface area contributed by atoms with Crippen LogP contribution in [0.1, 0.15) is 0 Å². The third kappa shape index (κ3) is 1.29. The van der Waals surface area contributed by atoms with E-state index in [1.165, 1.54) is 6.07 Å². The molecule has 0 N–H and O–H groups in total. The van der Waals surface area contributed by atoms with Crippen LogP contribution in [0, 0.1) is 9.52 Å². The number of fused-ring (bicyclic) bond motifs is 1. The van der Waals surface area contributed by atoms with Crippen LogP contribution < -0.4 is 0 Å². The number of hydrogen-bond donors (Lipinski definition) is 0. The maximum Gasteiger partial charge on any atom is 0.213 e. The normalized spacial score (nSPS) is 10.5. The minimum Gasteiger partial charge on any atom is -0.228 e. The van der Waals surface area contributed by atoms with E-state index in [2.05, 4.69) is 27.6 Å². The summed E-state index contributed by atoms with van der Waals surface area (Å²) in [4.78, 5) is 3.58. The second kappa shape index (κ2) is 2.97. The molecule has 2 rings (SSSR count). The van der Waals surface area contributed by atoms with Crippen LogP contribution >= 0.6 is 22.6 Å². The molecule has 2 aromatic rings. The zero-order valence-electron chi connectivity index (χ0n) is 6.09. The van der Waals surface area contributed by atoms with E-state index in [4.69, 9.17) is 0 Å². The van der Waals surface area contributed by atoms with E-state index in [9.17, 15) is 4.39 Å². The summed E-state index contributed by atoms with van der Waals surface area (Å²) in [7, 11) is 0. The van der Waals surface area contributed by atoms with Gasteiger partial charge in [0, 0.05) is 26.6 Å². The van der Waals surface area contributed by atoms with Crippen LogP contribution in [0.2, 0.25) is 0 Å². The number of halogens is 2. The van der Waals surface area contributed by atoms with Gasteiger partial charge in [0.25, 0.3) is 0 Å². The third-order valence-corrected chi connectivity index (χ3v) is 2.62. The predicted octanol–water partition coefficient (Wildman–Crippen LogP) is 2.98. The lowest BCUT2D eigenvalue weighted by Gasteiger charge is -1.98. The molecule has 0 radical (unpaired) electrons. The topological polar surface area (TPSA) is 12.9 Å². The van der Waals surface area contributed by atoms with E-state index >= 15 is 0 Å². The third-order valence-electron chi connectivity index (χ3n) is 1.68. The zero-order chi connectivity index (χ0) is 8.55. The van der Waals surface area contributed by atoms with Gasteiger partial charge in [0.05, 0.1) is 0 Å². The number of pyridine rings is 1. The van der Waals surface area contributed by atoms with Gasteiger partial charge in [-0.15, -0.1) is 0 Å². The van der Waals surface area contributed by atoms with Crippen LogP contribution in [-0.4, -0.2) is 4.98 Å².